The third kappa shape index (κ3) is 4.42. The lowest BCUT2D eigenvalue weighted by Gasteiger charge is -2.11. The number of hydrogen-bond donors (Lipinski definition) is 2. The molecule has 2 aromatic rings. The summed E-state index contributed by atoms with van der Waals surface area (Å²) in [5.41, 5.74) is 2.98. The number of ether oxygens (including phenoxy) is 2. The summed E-state index contributed by atoms with van der Waals surface area (Å²) in [6.45, 7) is 0. The Morgan fingerprint density at radius 2 is 1.85 bits per heavy atom. The van der Waals surface area contributed by atoms with E-state index >= 15 is 0 Å². The van der Waals surface area contributed by atoms with Gasteiger partial charge in [0.15, 0.2) is 0 Å². The van der Waals surface area contributed by atoms with Crippen molar-refractivity contribution in [1.29, 1.82) is 0 Å². The summed E-state index contributed by atoms with van der Waals surface area (Å²) in [6.07, 6.45) is -2.54. The molecular weight excluding hydrogens is 357 g/mol. The average molecular weight is 368 g/mol. The maximum Gasteiger partial charge on any atom is 0.573 e. The van der Waals surface area contributed by atoms with E-state index in [1.165, 1.54) is 42.6 Å². The van der Waals surface area contributed by atoms with Crippen LogP contribution in [0.4, 0.5) is 13.2 Å². The Morgan fingerprint density at radius 3 is 2.42 bits per heavy atom. The van der Waals surface area contributed by atoms with E-state index < -0.39 is 18.4 Å². The second-order valence-corrected chi connectivity index (χ2v) is 5.07. The molecule has 1 aromatic heterocycles. The number of aromatic nitrogens is 1. The van der Waals surface area contributed by atoms with Crippen molar-refractivity contribution in [3.63, 3.8) is 0 Å². The molecule has 1 aromatic carbocycles. The molecule has 0 saturated carbocycles. The average Bonchev–Trinajstić information content (AvgIpc) is 3.03. The molecule has 0 bridgehead atoms. The minimum absolute atomic E-state index is 0.124. The predicted octanol–water partition coefficient (Wildman–Crippen LogP) is 3.17. The third-order valence-electron chi connectivity index (χ3n) is 3.21. The number of alkyl halides is 3. The first-order valence-corrected chi connectivity index (χ1v) is 7.16. The molecule has 2 N–H and O–H groups in total. The van der Waals surface area contributed by atoms with Crippen molar-refractivity contribution in [3.05, 3.63) is 65.8 Å². The molecule has 136 valence electrons. The molecule has 1 atom stereocenters. The molecule has 10 heteroatoms. The van der Waals surface area contributed by atoms with Gasteiger partial charge in [-0.25, -0.2) is 15.3 Å². The lowest BCUT2D eigenvalue weighted by atomic mass is 10.1. The van der Waals surface area contributed by atoms with Crippen LogP contribution < -0.4 is 15.0 Å². The summed E-state index contributed by atoms with van der Waals surface area (Å²) in [7, 11) is 0. The monoisotopic (exact) mass is 368 g/mol. The number of aromatic carboxylic acids is 1. The highest BCUT2D eigenvalue weighted by atomic mass is 19.4. The molecule has 3 rings (SSSR count). The molecule has 0 spiro atoms. The van der Waals surface area contributed by atoms with Gasteiger partial charge in [0.1, 0.15) is 23.3 Å². The van der Waals surface area contributed by atoms with Crippen molar-refractivity contribution in [3.8, 4) is 11.5 Å². The summed E-state index contributed by atoms with van der Waals surface area (Å²) < 4.78 is 45.7. The lowest BCUT2D eigenvalue weighted by molar-refractivity contribution is -0.274. The van der Waals surface area contributed by atoms with Crippen LogP contribution in [-0.2, 0) is 4.84 Å². The van der Waals surface area contributed by atoms with Crippen molar-refractivity contribution < 1.29 is 37.4 Å². The SMILES string of the molecule is O=C(O)c1ccc(OC2=C[C@@H](c3ccc(OC(F)(F)F)cc3)ON2)cn1. The van der Waals surface area contributed by atoms with Crippen LogP contribution in [0, 0.1) is 0 Å². The summed E-state index contributed by atoms with van der Waals surface area (Å²) in [4.78, 5) is 19.7. The topological polar surface area (TPSA) is 89.9 Å². The minimum Gasteiger partial charge on any atom is -0.477 e. The molecule has 0 saturated heterocycles. The van der Waals surface area contributed by atoms with Crippen molar-refractivity contribution in [2.45, 2.75) is 12.5 Å². The van der Waals surface area contributed by atoms with E-state index in [1.807, 2.05) is 0 Å². The first-order chi connectivity index (χ1) is 12.3. The maximum absolute atomic E-state index is 12.1. The molecule has 0 aliphatic carbocycles. The highest BCUT2D eigenvalue weighted by Crippen LogP contribution is 2.28. The molecule has 7 nitrogen and oxygen atoms in total. The zero-order valence-corrected chi connectivity index (χ0v) is 12.9. The second kappa shape index (κ2) is 6.92. The second-order valence-electron chi connectivity index (χ2n) is 5.07. The number of carboxylic acids is 1. The number of nitrogens with one attached hydrogen (secondary N) is 1. The van der Waals surface area contributed by atoms with Crippen molar-refractivity contribution in [1.82, 2.24) is 10.5 Å². The zero-order valence-electron chi connectivity index (χ0n) is 12.9. The van der Waals surface area contributed by atoms with Gasteiger partial charge in [-0.1, -0.05) is 12.1 Å². The maximum atomic E-state index is 12.1. The van der Waals surface area contributed by atoms with Crippen LogP contribution in [0.2, 0.25) is 0 Å². The van der Waals surface area contributed by atoms with Crippen molar-refractivity contribution in [2.75, 3.05) is 0 Å². The molecule has 1 aliphatic rings. The van der Waals surface area contributed by atoms with Gasteiger partial charge in [-0.15, -0.1) is 13.2 Å². The molecule has 1 aliphatic heterocycles. The molecular formula is C16H11F3N2O5. The number of carboxylic acid groups (broad SMARTS) is 1. The van der Waals surface area contributed by atoms with Crippen LogP contribution in [0.25, 0.3) is 0 Å². The number of halogens is 3. The first kappa shape index (κ1) is 17.5. The van der Waals surface area contributed by atoms with E-state index in [1.54, 1.807) is 6.08 Å². The quantitative estimate of drug-likeness (QED) is 0.838. The molecule has 2 heterocycles. The Labute approximate surface area is 144 Å². The van der Waals surface area contributed by atoms with Crippen LogP contribution in [0.15, 0.2) is 54.6 Å². The fraction of sp³-hybridized carbons (Fsp3) is 0.125. The van der Waals surface area contributed by atoms with Gasteiger partial charge in [0.25, 0.3) is 0 Å². The largest absolute Gasteiger partial charge is 0.573 e. The summed E-state index contributed by atoms with van der Waals surface area (Å²) in [5.74, 6) is -0.976. The normalized spacial score (nSPS) is 16.6. The van der Waals surface area contributed by atoms with Crippen LogP contribution in [0.3, 0.4) is 0 Å². The van der Waals surface area contributed by atoms with Crippen LogP contribution in [-0.4, -0.2) is 22.4 Å². The first-order valence-electron chi connectivity index (χ1n) is 7.16. The number of hydroxylamine groups is 1. The summed E-state index contributed by atoms with van der Waals surface area (Å²) in [5, 5.41) is 8.78. The Kier molecular flexibility index (Phi) is 4.67. The van der Waals surface area contributed by atoms with Crippen LogP contribution in [0.5, 0.6) is 11.5 Å². The number of nitrogens with zero attached hydrogens (tertiary/aromatic N) is 1. The highest BCUT2D eigenvalue weighted by Gasteiger charge is 2.31. The van der Waals surface area contributed by atoms with Gasteiger partial charge in [-0.3, -0.25) is 4.84 Å². The van der Waals surface area contributed by atoms with Crippen LogP contribution in [0.1, 0.15) is 22.2 Å². The van der Waals surface area contributed by atoms with Crippen molar-refractivity contribution in [2.24, 2.45) is 0 Å². The van der Waals surface area contributed by atoms with E-state index in [0.717, 1.165) is 0 Å². The van der Waals surface area contributed by atoms with E-state index in [4.69, 9.17) is 14.7 Å². The Hall–Kier alpha value is -3.27. The predicted molar refractivity (Wildman–Crippen MR) is 80.0 cm³/mol. The van der Waals surface area contributed by atoms with Gasteiger partial charge in [-0.05, 0) is 29.8 Å². The number of benzene rings is 1. The fourth-order valence-electron chi connectivity index (χ4n) is 2.10. The smallest absolute Gasteiger partial charge is 0.477 e. The van der Waals surface area contributed by atoms with Gasteiger partial charge in [-0.2, -0.15) is 0 Å². The number of hydrogen-bond acceptors (Lipinski definition) is 6. The Balaban J connectivity index is 1.64. The van der Waals surface area contributed by atoms with Crippen molar-refractivity contribution >= 4 is 5.97 Å². The minimum atomic E-state index is -4.75. The summed E-state index contributed by atoms with van der Waals surface area (Å²) >= 11 is 0. The van der Waals surface area contributed by atoms with Crippen LogP contribution >= 0.6 is 0 Å². The van der Waals surface area contributed by atoms with E-state index in [0.29, 0.717) is 5.56 Å². The Bertz CT molecular complexity index is 819. The van der Waals surface area contributed by atoms with E-state index in [2.05, 4.69) is 15.2 Å². The highest BCUT2D eigenvalue weighted by molar-refractivity contribution is 5.85. The van der Waals surface area contributed by atoms with Gasteiger partial charge >= 0.3 is 12.3 Å². The number of rotatable bonds is 5. The van der Waals surface area contributed by atoms with Gasteiger partial charge < -0.3 is 14.6 Å². The van der Waals surface area contributed by atoms with Gasteiger partial charge in [0, 0.05) is 6.08 Å². The van der Waals surface area contributed by atoms with E-state index in [-0.39, 0.29) is 23.1 Å². The van der Waals surface area contributed by atoms with E-state index in [9.17, 15) is 18.0 Å². The molecule has 0 fully saturated rings. The zero-order chi connectivity index (χ0) is 18.7. The third-order valence-corrected chi connectivity index (χ3v) is 3.21. The summed E-state index contributed by atoms with van der Waals surface area (Å²) in [6, 6.07) is 7.91. The Morgan fingerprint density at radius 1 is 1.15 bits per heavy atom. The van der Waals surface area contributed by atoms with Gasteiger partial charge in [0.05, 0.1) is 6.20 Å². The molecule has 0 unspecified atom stereocenters. The number of carbonyl (C=O) groups is 1. The number of pyridine rings is 1. The molecule has 0 amide bonds. The molecule has 26 heavy (non-hydrogen) atoms. The fourth-order valence-corrected chi connectivity index (χ4v) is 2.10. The lowest BCUT2D eigenvalue weighted by Crippen LogP contribution is -2.17. The standard InChI is InChI=1S/C16H11F3N2O5/c17-16(18,19)25-10-3-1-9(2-4-10)13-7-14(21-26-13)24-11-5-6-12(15(22)23)20-8-11/h1-8,13,21H,(H,22,23)/t13-/m0/s1. The molecule has 0 radical (unpaired) electrons. The van der Waals surface area contributed by atoms with Gasteiger partial charge in [0.2, 0.25) is 5.88 Å².